The molecule has 0 aliphatic heterocycles. The molecule has 6 heteroatoms. The third kappa shape index (κ3) is 4.89. The topological polar surface area (TPSA) is 85.5 Å². The Hall–Kier alpha value is -2.73. The molecule has 0 saturated carbocycles. The van der Waals surface area contributed by atoms with Crippen molar-refractivity contribution >= 4 is 11.9 Å². The van der Waals surface area contributed by atoms with Crippen LogP contribution in [0.1, 0.15) is 27.9 Å². The molecule has 6 nitrogen and oxygen atoms in total. The van der Waals surface area contributed by atoms with Crippen molar-refractivity contribution in [2.75, 3.05) is 13.7 Å². The van der Waals surface area contributed by atoms with Crippen LogP contribution in [0.3, 0.4) is 0 Å². The van der Waals surface area contributed by atoms with Gasteiger partial charge in [-0.1, -0.05) is 12.1 Å². The Morgan fingerprint density at radius 3 is 2.33 bits per heavy atom. The number of carbonyl (C=O) groups is 2. The van der Waals surface area contributed by atoms with Crippen molar-refractivity contribution in [3.8, 4) is 0 Å². The third-order valence-corrected chi connectivity index (χ3v) is 3.66. The minimum absolute atomic E-state index is 0.140. The highest BCUT2D eigenvalue weighted by molar-refractivity contribution is 5.94. The van der Waals surface area contributed by atoms with E-state index in [9.17, 15) is 9.59 Å². The summed E-state index contributed by atoms with van der Waals surface area (Å²) in [6.45, 7) is 1.11. The van der Waals surface area contributed by atoms with Gasteiger partial charge in [0.1, 0.15) is 0 Å². The molecular formula is C18H21N3O3. The lowest BCUT2D eigenvalue weighted by molar-refractivity contribution is -0.140. The zero-order valence-electron chi connectivity index (χ0n) is 13.6. The van der Waals surface area contributed by atoms with Gasteiger partial charge in [0, 0.05) is 37.6 Å². The highest BCUT2D eigenvalue weighted by Crippen LogP contribution is 2.12. The lowest BCUT2D eigenvalue weighted by Gasteiger charge is -2.22. The number of rotatable bonds is 7. The van der Waals surface area contributed by atoms with Crippen LogP contribution in [-0.2, 0) is 22.6 Å². The summed E-state index contributed by atoms with van der Waals surface area (Å²) < 4.78 is 4.67. The van der Waals surface area contributed by atoms with Gasteiger partial charge >= 0.3 is 5.97 Å². The van der Waals surface area contributed by atoms with Crippen molar-refractivity contribution in [1.29, 1.82) is 0 Å². The second kappa shape index (κ2) is 8.79. The van der Waals surface area contributed by atoms with Gasteiger partial charge in [0.2, 0.25) is 0 Å². The summed E-state index contributed by atoms with van der Waals surface area (Å²) in [6, 6.07) is 10.9. The molecule has 0 saturated heterocycles. The van der Waals surface area contributed by atoms with E-state index in [1.165, 1.54) is 7.11 Å². The normalized spacial score (nSPS) is 10.2. The number of nitrogens with two attached hydrogens (primary N) is 1. The zero-order chi connectivity index (χ0) is 17.4. The molecule has 0 fully saturated rings. The fourth-order valence-electron chi connectivity index (χ4n) is 2.26. The van der Waals surface area contributed by atoms with E-state index in [4.69, 9.17) is 5.73 Å². The van der Waals surface area contributed by atoms with Crippen LogP contribution in [-0.4, -0.2) is 35.4 Å². The van der Waals surface area contributed by atoms with Gasteiger partial charge in [-0.2, -0.15) is 0 Å². The van der Waals surface area contributed by atoms with Crippen LogP contribution < -0.4 is 5.73 Å². The molecule has 0 aliphatic carbocycles. The predicted molar refractivity (Wildman–Crippen MR) is 89.9 cm³/mol. The predicted octanol–water partition coefficient (Wildman–Crippen LogP) is 1.75. The zero-order valence-corrected chi connectivity index (χ0v) is 13.6. The van der Waals surface area contributed by atoms with Gasteiger partial charge in [-0.05, 0) is 35.4 Å². The summed E-state index contributed by atoms with van der Waals surface area (Å²) >= 11 is 0. The number of aromatic nitrogens is 1. The maximum Gasteiger partial charge on any atom is 0.307 e. The third-order valence-electron chi connectivity index (χ3n) is 3.66. The van der Waals surface area contributed by atoms with Crippen molar-refractivity contribution in [3.63, 3.8) is 0 Å². The number of carbonyl (C=O) groups excluding carboxylic acids is 2. The number of nitrogens with zero attached hydrogens (tertiary/aromatic N) is 2. The van der Waals surface area contributed by atoms with E-state index in [0.717, 1.165) is 11.1 Å². The first-order chi connectivity index (χ1) is 11.6. The number of hydrogen-bond acceptors (Lipinski definition) is 5. The number of ether oxygens (including phenoxy) is 1. The van der Waals surface area contributed by atoms with Gasteiger partial charge in [-0.25, -0.2) is 0 Å². The van der Waals surface area contributed by atoms with E-state index >= 15 is 0 Å². The second-order valence-corrected chi connectivity index (χ2v) is 5.31. The van der Waals surface area contributed by atoms with Crippen molar-refractivity contribution in [2.24, 2.45) is 5.73 Å². The van der Waals surface area contributed by atoms with Gasteiger partial charge in [-0.3, -0.25) is 14.6 Å². The monoisotopic (exact) mass is 327 g/mol. The van der Waals surface area contributed by atoms with Crippen molar-refractivity contribution in [3.05, 3.63) is 65.5 Å². The number of pyridine rings is 1. The molecule has 24 heavy (non-hydrogen) atoms. The second-order valence-electron chi connectivity index (χ2n) is 5.31. The molecule has 1 aromatic carbocycles. The molecule has 0 bridgehead atoms. The largest absolute Gasteiger partial charge is 0.469 e. The number of hydrogen-bond donors (Lipinski definition) is 1. The Bertz CT molecular complexity index is 672. The molecule has 126 valence electrons. The molecular weight excluding hydrogens is 306 g/mol. The van der Waals surface area contributed by atoms with Crippen molar-refractivity contribution in [2.45, 2.75) is 19.5 Å². The maximum atomic E-state index is 12.8. The summed E-state index contributed by atoms with van der Waals surface area (Å²) in [5, 5.41) is 0. The Kier molecular flexibility index (Phi) is 6.45. The van der Waals surface area contributed by atoms with E-state index in [-0.39, 0.29) is 24.8 Å². The van der Waals surface area contributed by atoms with E-state index in [0.29, 0.717) is 18.7 Å². The highest BCUT2D eigenvalue weighted by Gasteiger charge is 2.17. The molecule has 2 aromatic rings. The molecule has 0 radical (unpaired) electrons. The Labute approximate surface area is 141 Å². The van der Waals surface area contributed by atoms with Crippen LogP contribution in [0, 0.1) is 0 Å². The summed E-state index contributed by atoms with van der Waals surface area (Å²) in [5.74, 6) is -0.486. The minimum Gasteiger partial charge on any atom is -0.469 e. The van der Waals surface area contributed by atoms with Crippen LogP contribution >= 0.6 is 0 Å². The van der Waals surface area contributed by atoms with Crippen LogP contribution in [0.15, 0.2) is 48.8 Å². The van der Waals surface area contributed by atoms with Gasteiger partial charge in [-0.15, -0.1) is 0 Å². The fourth-order valence-corrected chi connectivity index (χ4v) is 2.26. The van der Waals surface area contributed by atoms with E-state index in [1.54, 1.807) is 29.4 Å². The number of amides is 1. The first-order valence-corrected chi connectivity index (χ1v) is 7.68. The molecule has 0 atom stereocenters. The summed E-state index contributed by atoms with van der Waals surface area (Å²) in [6.07, 6.45) is 3.50. The highest BCUT2D eigenvalue weighted by atomic mass is 16.5. The molecule has 0 aliphatic rings. The Morgan fingerprint density at radius 2 is 1.75 bits per heavy atom. The van der Waals surface area contributed by atoms with Crippen molar-refractivity contribution in [1.82, 2.24) is 9.88 Å². The first-order valence-electron chi connectivity index (χ1n) is 7.68. The molecule has 0 unspecified atom stereocenters. The maximum absolute atomic E-state index is 12.8. The molecule has 1 heterocycles. The van der Waals surface area contributed by atoms with Crippen LogP contribution in [0.5, 0.6) is 0 Å². The standard InChI is InChI=1S/C18H21N3O3/c1-24-17(22)8-11-21(13-15-6-9-20-10-7-15)18(23)16-4-2-14(12-19)3-5-16/h2-7,9-10H,8,11-13,19H2,1H3. The lowest BCUT2D eigenvalue weighted by Crippen LogP contribution is -2.32. The minimum atomic E-state index is -0.346. The lowest BCUT2D eigenvalue weighted by atomic mass is 10.1. The molecule has 2 N–H and O–H groups in total. The molecule has 1 aromatic heterocycles. The van der Waals surface area contributed by atoms with Gasteiger partial charge < -0.3 is 15.4 Å². The summed E-state index contributed by atoms with van der Waals surface area (Å²) in [4.78, 5) is 29.8. The van der Waals surface area contributed by atoms with Crippen LogP contribution in [0.4, 0.5) is 0 Å². The fraction of sp³-hybridized carbons (Fsp3) is 0.278. The Balaban J connectivity index is 2.15. The number of esters is 1. The van der Waals surface area contributed by atoms with E-state index < -0.39 is 0 Å². The summed E-state index contributed by atoms with van der Waals surface area (Å²) in [7, 11) is 1.34. The van der Waals surface area contributed by atoms with Crippen LogP contribution in [0.25, 0.3) is 0 Å². The van der Waals surface area contributed by atoms with Gasteiger partial charge in [0.15, 0.2) is 0 Å². The quantitative estimate of drug-likeness (QED) is 0.783. The van der Waals surface area contributed by atoms with Crippen LogP contribution in [0.2, 0.25) is 0 Å². The van der Waals surface area contributed by atoms with E-state index in [1.807, 2.05) is 24.3 Å². The van der Waals surface area contributed by atoms with Crippen molar-refractivity contribution < 1.29 is 14.3 Å². The van der Waals surface area contributed by atoms with Gasteiger partial charge in [0.25, 0.3) is 5.91 Å². The summed E-state index contributed by atoms with van der Waals surface area (Å²) in [5.41, 5.74) is 8.05. The smallest absolute Gasteiger partial charge is 0.307 e. The average molecular weight is 327 g/mol. The number of methoxy groups -OCH3 is 1. The van der Waals surface area contributed by atoms with E-state index in [2.05, 4.69) is 9.72 Å². The average Bonchev–Trinajstić information content (AvgIpc) is 2.65. The number of benzene rings is 1. The SMILES string of the molecule is COC(=O)CCN(Cc1ccncc1)C(=O)c1ccc(CN)cc1. The molecule has 1 amide bonds. The molecule has 0 spiro atoms. The Morgan fingerprint density at radius 1 is 1.08 bits per heavy atom. The molecule has 2 rings (SSSR count). The first kappa shape index (κ1) is 17.6. The van der Waals surface area contributed by atoms with Gasteiger partial charge in [0.05, 0.1) is 13.5 Å².